The Kier molecular flexibility index (Phi) is 11.7. The van der Waals surface area contributed by atoms with Gasteiger partial charge in [0.1, 0.15) is 11.9 Å². The maximum absolute atomic E-state index is 11.5. The molecule has 0 aliphatic heterocycles. The van der Waals surface area contributed by atoms with E-state index in [9.17, 15) is 4.79 Å². The zero-order chi connectivity index (χ0) is 20.9. The normalized spacial score (nSPS) is 12.2. The van der Waals surface area contributed by atoms with E-state index in [0.29, 0.717) is 43.5 Å². The second kappa shape index (κ2) is 13.4. The maximum atomic E-state index is 11.5. The minimum atomic E-state index is -0.345. The van der Waals surface area contributed by atoms with Gasteiger partial charge in [0.25, 0.3) is 0 Å². The molecule has 0 unspecified atom stereocenters. The Morgan fingerprint density at radius 3 is 2.50 bits per heavy atom. The van der Waals surface area contributed by atoms with E-state index in [1.807, 2.05) is 12.1 Å². The predicted octanol–water partition coefficient (Wildman–Crippen LogP) is 4.79. The molecular weight excluding hydrogens is 428 g/mol. The fraction of sp³-hybridized carbons (Fsp3) is 0.571. The van der Waals surface area contributed by atoms with Gasteiger partial charge in [0.15, 0.2) is 11.5 Å². The van der Waals surface area contributed by atoms with E-state index in [0.717, 1.165) is 10.9 Å². The van der Waals surface area contributed by atoms with E-state index >= 15 is 0 Å². The smallest absolute Gasteiger partial charge is 0.330 e. The monoisotopic (exact) mass is 458 g/mol. The van der Waals surface area contributed by atoms with Crippen LogP contribution in [0.2, 0.25) is 0 Å². The first-order chi connectivity index (χ1) is 13.4. The Morgan fingerprint density at radius 2 is 1.89 bits per heavy atom. The lowest BCUT2D eigenvalue weighted by molar-refractivity contribution is -0.137. The van der Waals surface area contributed by atoms with Crippen molar-refractivity contribution in [2.24, 2.45) is 5.92 Å². The van der Waals surface area contributed by atoms with Gasteiger partial charge in [-0.3, -0.25) is 0 Å². The molecule has 0 N–H and O–H groups in total. The minimum Gasteiger partial charge on any atom is -0.493 e. The number of hydrogen-bond donors (Lipinski definition) is 0. The largest absolute Gasteiger partial charge is 0.493 e. The summed E-state index contributed by atoms with van der Waals surface area (Å²) in [4.78, 5) is 11.5. The zero-order valence-electron chi connectivity index (χ0n) is 17.3. The van der Waals surface area contributed by atoms with E-state index < -0.39 is 0 Å². The highest BCUT2D eigenvalue weighted by Crippen LogP contribution is 2.39. The van der Waals surface area contributed by atoms with Crippen LogP contribution in [0.15, 0.2) is 28.8 Å². The molecule has 158 valence electrons. The molecule has 1 aromatic rings. The van der Waals surface area contributed by atoms with Gasteiger partial charge in [-0.25, -0.2) is 4.79 Å². The summed E-state index contributed by atoms with van der Waals surface area (Å²) in [7, 11) is 3.26. The zero-order valence-corrected chi connectivity index (χ0v) is 18.9. The Morgan fingerprint density at radius 1 is 1.14 bits per heavy atom. The number of halogens is 1. The lowest BCUT2D eigenvalue weighted by atomic mass is 10.0. The summed E-state index contributed by atoms with van der Waals surface area (Å²) in [5.41, 5.74) is 0. The number of benzene rings is 1. The van der Waals surface area contributed by atoms with Gasteiger partial charge in [0, 0.05) is 44.8 Å². The molecule has 0 saturated heterocycles. The van der Waals surface area contributed by atoms with Crippen molar-refractivity contribution in [2.45, 2.75) is 39.7 Å². The average molecular weight is 459 g/mol. The van der Waals surface area contributed by atoms with Crippen LogP contribution in [0.25, 0.3) is 0 Å². The van der Waals surface area contributed by atoms with Gasteiger partial charge >= 0.3 is 5.97 Å². The highest BCUT2D eigenvalue weighted by atomic mass is 79.9. The molecule has 0 fully saturated rings. The third-order valence-electron chi connectivity index (χ3n) is 3.90. The van der Waals surface area contributed by atoms with Gasteiger partial charge < -0.3 is 23.7 Å². The van der Waals surface area contributed by atoms with Gasteiger partial charge in [-0.05, 0) is 28.8 Å². The predicted molar refractivity (Wildman–Crippen MR) is 112 cm³/mol. The van der Waals surface area contributed by atoms with E-state index in [1.165, 1.54) is 6.08 Å². The first kappa shape index (κ1) is 24.3. The minimum absolute atomic E-state index is 0.114. The van der Waals surface area contributed by atoms with Crippen LogP contribution in [0.4, 0.5) is 0 Å². The molecule has 28 heavy (non-hydrogen) atoms. The number of methoxy groups -OCH3 is 2. The van der Waals surface area contributed by atoms with Crippen LogP contribution >= 0.6 is 15.9 Å². The number of rotatable bonds is 13. The van der Waals surface area contributed by atoms with Crippen molar-refractivity contribution < 1.29 is 28.5 Å². The third kappa shape index (κ3) is 8.52. The summed E-state index contributed by atoms with van der Waals surface area (Å²) in [6.07, 6.45) is 4.47. The molecule has 0 heterocycles. The van der Waals surface area contributed by atoms with Gasteiger partial charge in [-0.15, -0.1) is 0 Å². The molecule has 0 aliphatic rings. The molecule has 1 rings (SSSR count). The molecule has 7 heteroatoms. The Hall–Kier alpha value is -1.73. The quantitative estimate of drug-likeness (QED) is 0.240. The van der Waals surface area contributed by atoms with Gasteiger partial charge in [0.05, 0.1) is 24.8 Å². The van der Waals surface area contributed by atoms with Crippen LogP contribution < -0.4 is 14.2 Å². The topological polar surface area (TPSA) is 63.2 Å². The van der Waals surface area contributed by atoms with Gasteiger partial charge in [0.2, 0.25) is 0 Å². The van der Waals surface area contributed by atoms with Crippen molar-refractivity contribution in [1.29, 1.82) is 0 Å². The van der Waals surface area contributed by atoms with Crippen molar-refractivity contribution in [3.8, 4) is 17.2 Å². The summed E-state index contributed by atoms with van der Waals surface area (Å²) in [6, 6.07) is 3.65. The number of carbonyl (C=O) groups is 1. The maximum Gasteiger partial charge on any atom is 0.330 e. The second-order valence-electron chi connectivity index (χ2n) is 6.42. The lowest BCUT2D eigenvalue weighted by Crippen LogP contribution is -2.22. The number of ether oxygens (including phenoxy) is 5. The van der Waals surface area contributed by atoms with Crippen LogP contribution in [-0.4, -0.2) is 46.1 Å². The summed E-state index contributed by atoms with van der Waals surface area (Å²) in [5, 5.41) is 0. The Labute approximate surface area is 176 Å². The summed E-state index contributed by atoms with van der Waals surface area (Å²) in [6.45, 7) is 7.43. The van der Waals surface area contributed by atoms with Crippen molar-refractivity contribution in [1.82, 2.24) is 0 Å². The van der Waals surface area contributed by atoms with Crippen LogP contribution in [0.5, 0.6) is 17.2 Å². The molecule has 0 bridgehead atoms. The van der Waals surface area contributed by atoms with E-state index in [1.54, 1.807) is 27.2 Å². The second-order valence-corrected chi connectivity index (χ2v) is 7.27. The molecule has 0 saturated carbocycles. The highest BCUT2D eigenvalue weighted by Gasteiger charge is 2.18. The molecule has 0 radical (unpaired) electrons. The first-order valence-corrected chi connectivity index (χ1v) is 10.2. The number of esters is 1. The molecule has 0 aliphatic carbocycles. The fourth-order valence-corrected chi connectivity index (χ4v) is 2.79. The molecule has 6 nitrogen and oxygen atoms in total. The van der Waals surface area contributed by atoms with Crippen molar-refractivity contribution in [3.63, 3.8) is 0 Å². The van der Waals surface area contributed by atoms with Crippen molar-refractivity contribution in [2.75, 3.05) is 34.0 Å². The molecule has 0 amide bonds. The highest BCUT2D eigenvalue weighted by molar-refractivity contribution is 9.10. The number of carbonyl (C=O) groups excluding carboxylic acids is 1. The van der Waals surface area contributed by atoms with E-state index in [2.05, 4.69) is 29.8 Å². The summed E-state index contributed by atoms with van der Waals surface area (Å²) in [5.74, 6) is 1.79. The van der Waals surface area contributed by atoms with Crippen LogP contribution in [0, 0.1) is 5.92 Å². The van der Waals surface area contributed by atoms with Crippen LogP contribution in [0.3, 0.4) is 0 Å². The molecule has 1 atom stereocenters. The lowest BCUT2D eigenvalue weighted by Gasteiger charge is -2.23. The first-order valence-electron chi connectivity index (χ1n) is 9.42. The van der Waals surface area contributed by atoms with E-state index in [4.69, 9.17) is 23.7 Å². The summed E-state index contributed by atoms with van der Waals surface area (Å²) < 4.78 is 28.2. The Balaban J connectivity index is 2.88. The molecular formula is C21H31BrO6. The van der Waals surface area contributed by atoms with Crippen molar-refractivity contribution >= 4 is 21.9 Å². The van der Waals surface area contributed by atoms with Crippen LogP contribution in [-0.2, 0) is 14.3 Å². The van der Waals surface area contributed by atoms with Gasteiger partial charge in [-0.1, -0.05) is 19.9 Å². The molecule has 1 aromatic carbocycles. The average Bonchev–Trinajstić information content (AvgIpc) is 2.66. The standard InChI is InChI=1S/C21H31BrO6/c1-6-26-21(23)10-7-9-17(15(2)3)28-18-14-20(27-12-8-11-24-4)19(25-5)13-16(18)22/h7,10,13-15,17H,6,8-9,11-12H2,1-5H3/b10-7+/t17-/m0/s1. The fourth-order valence-electron chi connectivity index (χ4n) is 2.37. The molecule has 0 spiro atoms. The van der Waals surface area contributed by atoms with E-state index in [-0.39, 0.29) is 18.0 Å². The van der Waals surface area contributed by atoms with Crippen LogP contribution in [0.1, 0.15) is 33.6 Å². The van der Waals surface area contributed by atoms with Crippen molar-refractivity contribution in [3.05, 3.63) is 28.8 Å². The third-order valence-corrected chi connectivity index (χ3v) is 4.52. The molecule has 0 aromatic heterocycles. The van der Waals surface area contributed by atoms with Gasteiger partial charge in [-0.2, -0.15) is 0 Å². The SMILES string of the molecule is CCOC(=O)/C=C/C[C@H](Oc1cc(OCCCOC)c(OC)cc1Br)C(C)C. The number of hydrogen-bond acceptors (Lipinski definition) is 6. The Bertz CT molecular complexity index is 630. The summed E-state index contributed by atoms with van der Waals surface area (Å²) >= 11 is 3.53.